The first-order valence-electron chi connectivity index (χ1n) is 9.03. The predicted molar refractivity (Wildman–Crippen MR) is 102 cm³/mol. The van der Waals surface area contributed by atoms with Gasteiger partial charge in [0.05, 0.1) is 5.56 Å². The van der Waals surface area contributed by atoms with E-state index in [0.717, 1.165) is 37.3 Å². The molecular weight excluding hydrogens is 377 g/mol. The van der Waals surface area contributed by atoms with E-state index in [1.165, 1.54) is 12.1 Å². The fourth-order valence-corrected chi connectivity index (χ4v) is 3.55. The van der Waals surface area contributed by atoms with Gasteiger partial charge in [-0.1, -0.05) is 0 Å². The Morgan fingerprint density at radius 2 is 1.93 bits per heavy atom. The molecule has 8 heteroatoms. The minimum atomic E-state index is -4.39. The Labute approximate surface area is 161 Å². The van der Waals surface area contributed by atoms with Gasteiger partial charge in [0.25, 0.3) is 0 Å². The van der Waals surface area contributed by atoms with Gasteiger partial charge in [-0.25, -0.2) is 0 Å². The van der Waals surface area contributed by atoms with Crippen molar-refractivity contribution in [3.63, 3.8) is 0 Å². The van der Waals surface area contributed by atoms with Crippen molar-refractivity contribution < 1.29 is 22.8 Å². The van der Waals surface area contributed by atoms with Crippen LogP contribution in [0, 0.1) is 5.92 Å². The average Bonchev–Trinajstić information content (AvgIpc) is 2.64. The van der Waals surface area contributed by atoms with Crippen molar-refractivity contribution in [2.24, 2.45) is 5.92 Å². The van der Waals surface area contributed by atoms with Crippen LogP contribution in [0.5, 0.6) is 0 Å². The molecule has 0 saturated carbocycles. The summed E-state index contributed by atoms with van der Waals surface area (Å²) in [6.07, 6.45) is 1.01. The number of amides is 2. The van der Waals surface area contributed by atoms with E-state index in [9.17, 15) is 22.8 Å². The van der Waals surface area contributed by atoms with Crippen molar-refractivity contribution in [3.05, 3.63) is 29.8 Å². The molecule has 0 bridgehead atoms. The molecule has 27 heavy (non-hydrogen) atoms. The molecule has 4 nitrogen and oxygen atoms in total. The van der Waals surface area contributed by atoms with Gasteiger partial charge in [-0.3, -0.25) is 9.59 Å². The summed E-state index contributed by atoms with van der Waals surface area (Å²) >= 11 is 1.65. The minimum absolute atomic E-state index is 0.170. The third-order valence-electron chi connectivity index (χ3n) is 4.67. The molecular formula is C19H25F3N2O2S. The number of hydrogen-bond acceptors (Lipinski definition) is 3. The normalized spacial score (nSPS) is 17.6. The lowest BCUT2D eigenvalue weighted by Gasteiger charge is -2.32. The van der Waals surface area contributed by atoms with E-state index in [0.29, 0.717) is 31.5 Å². The molecule has 150 valence electrons. The fraction of sp³-hybridized carbons (Fsp3) is 0.579. The predicted octanol–water partition coefficient (Wildman–Crippen LogP) is 4.42. The standard InChI is InChI=1S/C19H25F3N2O2S/c1-27-12-10-18(26)24-11-2-3-14(13-24)4-9-17(25)23-16-7-5-15(6-8-16)19(20,21)22/h5-8,14H,2-4,9-13H2,1H3,(H,23,25). The highest BCUT2D eigenvalue weighted by molar-refractivity contribution is 7.98. The summed E-state index contributed by atoms with van der Waals surface area (Å²) in [5.74, 6) is 1.05. The molecule has 0 spiro atoms. The summed E-state index contributed by atoms with van der Waals surface area (Å²) in [4.78, 5) is 26.1. The maximum atomic E-state index is 12.5. The number of nitrogens with zero attached hydrogens (tertiary/aromatic N) is 1. The van der Waals surface area contributed by atoms with E-state index in [-0.39, 0.29) is 17.7 Å². The summed E-state index contributed by atoms with van der Waals surface area (Å²) in [6.45, 7) is 1.46. The topological polar surface area (TPSA) is 49.4 Å². The van der Waals surface area contributed by atoms with Gasteiger partial charge in [-0.05, 0) is 55.7 Å². The number of anilines is 1. The van der Waals surface area contributed by atoms with Gasteiger partial charge in [0, 0.05) is 37.4 Å². The minimum Gasteiger partial charge on any atom is -0.342 e. The van der Waals surface area contributed by atoms with E-state index in [4.69, 9.17) is 0 Å². The molecule has 1 aromatic rings. The number of rotatable bonds is 7. The number of piperidine rings is 1. The molecule has 1 saturated heterocycles. The summed E-state index contributed by atoms with van der Waals surface area (Å²) in [5, 5.41) is 2.63. The molecule has 1 atom stereocenters. The monoisotopic (exact) mass is 402 g/mol. The molecule has 2 rings (SSSR count). The van der Waals surface area contributed by atoms with Gasteiger partial charge >= 0.3 is 6.18 Å². The summed E-state index contributed by atoms with van der Waals surface area (Å²) in [5.41, 5.74) is -0.389. The molecule has 1 aliphatic rings. The lowest BCUT2D eigenvalue weighted by Crippen LogP contribution is -2.40. The van der Waals surface area contributed by atoms with E-state index < -0.39 is 11.7 Å². The molecule has 1 aromatic carbocycles. The third-order valence-corrected chi connectivity index (χ3v) is 5.28. The van der Waals surface area contributed by atoms with E-state index >= 15 is 0 Å². The number of halogens is 3. The smallest absolute Gasteiger partial charge is 0.342 e. The van der Waals surface area contributed by atoms with Crippen molar-refractivity contribution >= 4 is 29.3 Å². The molecule has 1 unspecified atom stereocenters. The van der Waals surface area contributed by atoms with Gasteiger partial charge in [0.15, 0.2) is 0 Å². The molecule has 0 aliphatic carbocycles. The van der Waals surface area contributed by atoms with Crippen LogP contribution in [0.25, 0.3) is 0 Å². The molecule has 2 amide bonds. The van der Waals surface area contributed by atoms with Crippen LogP contribution in [-0.4, -0.2) is 41.8 Å². The van der Waals surface area contributed by atoms with Crippen LogP contribution >= 0.6 is 11.8 Å². The molecule has 1 N–H and O–H groups in total. The summed E-state index contributed by atoms with van der Waals surface area (Å²) in [6, 6.07) is 4.42. The zero-order valence-corrected chi connectivity index (χ0v) is 16.2. The average molecular weight is 402 g/mol. The van der Waals surface area contributed by atoms with Crippen LogP contribution in [0.1, 0.15) is 37.7 Å². The second kappa shape index (κ2) is 10.0. The highest BCUT2D eigenvalue weighted by atomic mass is 32.2. The number of carbonyl (C=O) groups is 2. The number of thioether (sulfide) groups is 1. The first-order valence-corrected chi connectivity index (χ1v) is 10.4. The van der Waals surface area contributed by atoms with E-state index in [1.54, 1.807) is 11.8 Å². The van der Waals surface area contributed by atoms with Crippen LogP contribution in [0.15, 0.2) is 24.3 Å². The molecule has 0 radical (unpaired) electrons. The molecule has 1 aliphatic heterocycles. The Balaban J connectivity index is 1.77. The first-order chi connectivity index (χ1) is 12.8. The van der Waals surface area contributed by atoms with Gasteiger partial charge in [0.2, 0.25) is 11.8 Å². The summed E-state index contributed by atoms with van der Waals surface area (Å²) < 4.78 is 37.6. The highest BCUT2D eigenvalue weighted by Gasteiger charge is 2.30. The lowest BCUT2D eigenvalue weighted by atomic mass is 9.93. The third kappa shape index (κ3) is 7.08. The summed E-state index contributed by atoms with van der Waals surface area (Å²) in [7, 11) is 0. The lowest BCUT2D eigenvalue weighted by molar-refractivity contribution is -0.137. The van der Waals surface area contributed by atoms with Crippen LogP contribution in [0.3, 0.4) is 0 Å². The van der Waals surface area contributed by atoms with Crippen molar-refractivity contribution in [1.82, 2.24) is 4.90 Å². The quantitative estimate of drug-likeness (QED) is 0.735. The Hall–Kier alpha value is -1.70. The van der Waals surface area contributed by atoms with Crippen molar-refractivity contribution in [2.45, 2.75) is 38.3 Å². The second-order valence-electron chi connectivity index (χ2n) is 6.75. The van der Waals surface area contributed by atoms with Gasteiger partial charge in [-0.2, -0.15) is 24.9 Å². The van der Waals surface area contributed by atoms with Crippen LogP contribution in [0.4, 0.5) is 18.9 Å². The van der Waals surface area contributed by atoms with Crippen LogP contribution < -0.4 is 5.32 Å². The Morgan fingerprint density at radius 3 is 2.56 bits per heavy atom. The number of nitrogens with one attached hydrogen (secondary N) is 1. The number of alkyl halides is 3. The number of carbonyl (C=O) groups excluding carboxylic acids is 2. The highest BCUT2D eigenvalue weighted by Crippen LogP contribution is 2.30. The van der Waals surface area contributed by atoms with Gasteiger partial charge < -0.3 is 10.2 Å². The molecule has 1 heterocycles. The zero-order valence-electron chi connectivity index (χ0n) is 15.3. The number of likely N-dealkylation sites (tertiary alicyclic amines) is 1. The van der Waals surface area contributed by atoms with E-state index in [2.05, 4.69) is 5.32 Å². The number of benzene rings is 1. The van der Waals surface area contributed by atoms with Gasteiger partial charge in [0.1, 0.15) is 0 Å². The van der Waals surface area contributed by atoms with E-state index in [1.807, 2.05) is 11.2 Å². The maximum Gasteiger partial charge on any atom is 0.416 e. The Kier molecular flexibility index (Phi) is 8.01. The Morgan fingerprint density at radius 1 is 1.22 bits per heavy atom. The zero-order chi connectivity index (χ0) is 19.9. The fourth-order valence-electron chi connectivity index (χ4n) is 3.18. The molecule has 0 aromatic heterocycles. The van der Waals surface area contributed by atoms with Crippen LogP contribution in [-0.2, 0) is 15.8 Å². The van der Waals surface area contributed by atoms with Gasteiger partial charge in [-0.15, -0.1) is 0 Å². The van der Waals surface area contributed by atoms with Crippen LogP contribution in [0.2, 0.25) is 0 Å². The first kappa shape index (κ1) is 21.6. The largest absolute Gasteiger partial charge is 0.416 e. The maximum absolute atomic E-state index is 12.5. The Bertz CT molecular complexity index is 635. The van der Waals surface area contributed by atoms with Crippen molar-refractivity contribution in [3.8, 4) is 0 Å². The number of hydrogen-bond donors (Lipinski definition) is 1. The van der Waals surface area contributed by atoms with Crippen molar-refractivity contribution in [2.75, 3.05) is 30.4 Å². The molecule has 1 fully saturated rings. The second-order valence-corrected chi connectivity index (χ2v) is 7.74. The SMILES string of the molecule is CSCCC(=O)N1CCCC(CCC(=O)Nc2ccc(C(F)(F)F)cc2)C1. The van der Waals surface area contributed by atoms with Crippen molar-refractivity contribution in [1.29, 1.82) is 0 Å².